The van der Waals surface area contributed by atoms with Crippen LogP contribution in [0.5, 0.6) is 0 Å². The van der Waals surface area contributed by atoms with E-state index in [9.17, 15) is 0 Å². The van der Waals surface area contributed by atoms with Gasteiger partial charge < -0.3 is 18.6 Å². The van der Waals surface area contributed by atoms with Crippen LogP contribution in [0, 0.1) is 5.92 Å². The lowest BCUT2D eigenvalue weighted by molar-refractivity contribution is 0.123. The summed E-state index contributed by atoms with van der Waals surface area (Å²) in [5, 5.41) is 3.52. The molecule has 4 nitrogen and oxygen atoms in total. The summed E-state index contributed by atoms with van der Waals surface area (Å²) in [5.74, 6) is 0.844. The van der Waals surface area contributed by atoms with Gasteiger partial charge in [-0.2, -0.15) is 0 Å². The SMILES string of the molecule is CO[Si](CCCNCCCCCCCC/C=C\CCCC(C)C)(OC)OC. The summed E-state index contributed by atoms with van der Waals surface area (Å²) in [6.07, 6.45) is 19.1. The third kappa shape index (κ3) is 16.5. The highest BCUT2D eigenvalue weighted by molar-refractivity contribution is 6.60. The Labute approximate surface area is 170 Å². The molecule has 0 bridgehead atoms. The van der Waals surface area contributed by atoms with Crippen LogP contribution in [0.3, 0.4) is 0 Å². The summed E-state index contributed by atoms with van der Waals surface area (Å²) >= 11 is 0. The van der Waals surface area contributed by atoms with Gasteiger partial charge >= 0.3 is 8.80 Å². The van der Waals surface area contributed by atoms with Crippen molar-refractivity contribution in [3.8, 4) is 0 Å². The molecule has 0 atom stereocenters. The molecule has 0 fully saturated rings. The zero-order chi connectivity index (χ0) is 20.2. The van der Waals surface area contributed by atoms with E-state index in [2.05, 4.69) is 31.3 Å². The van der Waals surface area contributed by atoms with Crippen LogP contribution in [-0.2, 0) is 13.3 Å². The van der Waals surface area contributed by atoms with Crippen LogP contribution in [0.4, 0.5) is 0 Å². The highest BCUT2D eigenvalue weighted by Gasteiger charge is 2.36. The monoisotopic (exact) mass is 401 g/mol. The topological polar surface area (TPSA) is 39.7 Å². The maximum atomic E-state index is 5.43. The van der Waals surface area contributed by atoms with E-state index in [1.807, 2.05) is 0 Å². The molecule has 5 heteroatoms. The third-order valence-electron chi connectivity index (χ3n) is 5.06. The molecule has 162 valence electrons. The molecule has 0 aromatic heterocycles. The molecule has 0 aliphatic carbocycles. The minimum atomic E-state index is -2.37. The molecule has 0 saturated heterocycles. The van der Waals surface area contributed by atoms with Gasteiger partial charge in [0, 0.05) is 27.4 Å². The standard InChI is InChI=1S/C22H47NO3Si/c1-22(2)18-15-13-11-9-7-6-8-10-12-14-16-19-23-20-17-21-27(24-3,25-4)26-5/h9,11,22-23H,6-8,10,12-21H2,1-5H3/b11-9-. The lowest BCUT2D eigenvalue weighted by Gasteiger charge is -2.24. The van der Waals surface area contributed by atoms with Gasteiger partial charge in [0.1, 0.15) is 0 Å². The first-order chi connectivity index (χ1) is 13.1. The summed E-state index contributed by atoms with van der Waals surface area (Å²) in [4.78, 5) is 0. The normalized spacial score (nSPS) is 12.5. The van der Waals surface area contributed by atoms with Gasteiger partial charge in [-0.3, -0.25) is 0 Å². The van der Waals surface area contributed by atoms with Crippen molar-refractivity contribution in [2.75, 3.05) is 34.4 Å². The van der Waals surface area contributed by atoms with Crippen LogP contribution >= 0.6 is 0 Å². The van der Waals surface area contributed by atoms with E-state index in [0.717, 1.165) is 31.5 Å². The quantitative estimate of drug-likeness (QED) is 0.155. The maximum absolute atomic E-state index is 5.43. The van der Waals surface area contributed by atoms with E-state index >= 15 is 0 Å². The summed E-state index contributed by atoms with van der Waals surface area (Å²) < 4.78 is 16.3. The average Bonchev–Trinajstić information content (AvgIpc) is 2.67. The van der Waals surface area contributed by atoms with Crippen LogP contribution in [-0.4, -0.2) is 43.2 Å². The molecule has 1 N–H and O–H groups in total. The second-order valence-corrected chi connectivity index (χ2v) is 10.9. The second-order valence-electron chi connectivity index (χ2n) is 7.86. The van der Waals surface area contributed by atoms with Crippen LogP contribution in [0.1, 0.15) is 84.5 Å². The fourth-order valence-corrected chi connectivity index (χ4v) is 4.93. The van der Waals surface area contributed by atoms with Crippen LogP contribution in [0.15, 0.2) is 12.2 Å². The summed E-state index contributed by atoms with van der Waals surface area (Å²) in [7, 11) is 2.66. The number of allylic oxidation sites excluding steroid dienone is 2. The third-order valence-corrected chi connectivity index (χ3v) is 7.89. The maximum Gasteiger partial charge on any atom is 0.500 e. The molecule has 0 aliphatic rings. The minimum Gasteiger partial charge on any atom is -0.377 e. The van der Waals surface area contributed by atoms with Gasteiger partial charge in [-0.15, -0.1) is 0 Å². The highest BCUT2D eigenvalue weighted by Crippen LogP contribution is 2.14. The van der Waals surface area contributed by atoms with Crippen molar-refractivity contribution < 1.29 is 13.3 Å². The first-order valence-corrected chi connectivity index (χ1v) is 13.0. The number of hydrogen-bond donors (Lipinski definition) is 1. The number of nitrogens with one attached hydrogen (secondary N) is 1. The van der Waals surface area contributed by atoms with E-state index < -0.39 is 8.80 Å². The predicted molar refractivity (Wildman–Crippen MR) is 119 cm³/mol. The Kier molecular flexibility index (Phi) is 19.0. The summed E-state index contributed by atoms with van der Waals surface area (Å²) in [6, 6.07) is 0.871. The molecule has 0 heterocycles. The van der Waals surface area contributed by atoms with E-state index in [4.69, 9.17) is 13.3 Å². The molecule has 0 aliphatic heterocycles. The predicted octanol–water partition coefficient (Wildman–Crippen LogP) is 5.96. The Hall–Kier alpha value is -0.203. The van der Waals surface area contributed by atoms with Crippen molar-refractivity contribution in [1.82, 2.24) is 5.32 Å². The molecule has 0 unspecified atom stereocenters. The van der Waals surface area contributed by atoms with Crippen molar-refractivity contribution >= 4 is 8.80 Å². The Morgan fingerprint density at radius 1 is 0.704 bits per heavy atom. The smallest absolute Gasteiger partial charge is 0.377 e. The molecule has 27 heavy (non-hydrogen) atoms. The molecule has 0 spiro atoms. The fraction of sp³-hybridized carbons (Fsp3) is 0.909. The van der Waals surface area contributed by atoms with Crippen LogP contribution < -0.4 is 5.32 Å². The average molecular weight is 402 g/mol. The first-order valence-electron chi connectivity index (χ1n) is 11.1. The first kappa shape index (κ1) is 26.8. The lowest BCUT2D eigenvalue weighted by atomic mass is 10.1. The molecule has 0 aromatic carbocycles. The van der Waals surface area contributed by atoms with Gasteiger partial charge in [-0.05, 0) is 57.5 Å². The van der Waals surface area contributed by atoms with Gasteiger partial charge in [0.25, 0.3) is 0 Å². The molecule has 0 radical (unpaired) electrons. The molecule has 0 rings (SSSR count). The van der Waals surface area contributed by atoms with Crippen LogP contribution in [0.25, 0.3) is 0 Å². The Bertz CT molecular complexity index is 325. The Balaban J connectivity index is 3.28. The van der Waals surface area contributed by atoms with Gasteiger partial charge in [0.05, 0.1) is 0 Å². The highest BCUT2D eigenvalue weighted by atomic mass is 28.4. The largest absolute Gasteiger partial charge is 0.500 e. The minimum absolute atomic E-state index is 0.844. The van der Waals surface area contributed by atoms with E-state index in [0.29, 0.717) is 0 Å². The number of hydrogen-bond acceptors (Lipinski definition) is 4. The van der Waals surface area contributed by atoms with E-state index in [1.165, 1.54) is 64.2 Å². The van der Waals surface area contributed by atoms with E-state index in [1.54, 1.807) is 21.3 Å². The Morgan fingerprint density at radius 3 is 1.81 bits per heavy atom. The summed E-state index contributed by atoms with van der Waals surface area (Å²) in [5.41, 5.74) is 0. The second kappa shape index (κ2) is 19.1. The Morgan fingerprint density at radius 2 is 1.22 bits per heavy atom. The van der Waals surface area contributed by atoms with Gasteiger partial charge in [0.2, 0.25) is 0 Å². The lowest BCUT2D eigenvalue weighted by Crippen LogP contribution is -2.43. The van der Waals surface area contributed by atoms with Crippen molar-refractivity contribution in [3.63, 3.8) is 0 Å². The fourth-order valence-electron chi connectivity index (χ4n) is 3.21. The van der Waals surface area contributed by atoms with Crippen molar-refractivity contribution in [2.45, 2.75) is 90.5 Å². The zero-order valence-corrected chi connectivity index (χ0v) is 19.9. The van der Waals surface area contributed by atoms with Crippen molar-refractivity contribution in [2.24, 2.45) is 5.92 Å². The number of unbranched alkanes of at least 4 members (excludes halogenated alkanes) is 7. The molecular weight excluding hydrogens is 354 g/mol. The van der Waals surface area contributed by atoms with Crippen molar-refractivity contribution in [3.05, 3.63) is 12.2 Å². The van der Waals surface area contributed by atoms with E-state index in [-0.39, 0.29) is 0 Å². The molecule has 0 saturated carbocycles. The van der Waals surface area contributed by atoms with Gasteiger partial charge in [-0.1, -0.05) is 58.1 Å². The van der Waals surface area contributed by atoms with Crippen molar-refractivity contribution in [1.29, 1.82) is 0 Å². The molecular formula is C22H47NO3Si. The zero-order valence-electron chi connectivity index (χ0n) is 18.9. The molecule has 0 amide bonds. The van der Waals surface area contributed by atoms with Gasteiger partial charge in [-0.25, -0.2) is 0 Å². The van der Waals surface area contributed by atoms with Gasteiger partial charge in [0.15, 0.2) is 0 Å². The van der Waals surface area contributed by atoms with Crippen LogP contribution in [0.2, 0.25) is 6.04 Å². The molecule has 0 aromatic rings. The summed E-state index contributed by atoms with van der Waals surface area (Å²) in [6.45, 7) is 6.73. The number of rotatable bonds is 20.